The van der Waals surface area contributed by atoms with E-state index >= 15 is 0 Å². The van der Waals surface area contributed by atoms with Gasteiger partial charge in [-0.15, -0.1) is 16.4 Å². The number of nitrogens with zero attached hydrogens (tertiary/aromatic N) is 5. The number of hydrogen-bond donors (Lipinski definition) is 1. The van der Waals surface area contributed by atoms with Crippen LogP contribution in [-0.2, 0) is 0 Å². The SMILES string of the molecule is CC(C)c1csc(-c2n[nH]c(=S)n2/N=C/c2ccc(N(C)C)cc2)n1. The highest BCUT2D eigenvalue weighted by Gasteiger charge is 2.14. The summed E-state index contributed by atoms with van der Waals surface area (Å²) < 4.78 is 2.05. The van der Waals surface area contributed by atoms with Crippen molar-refractivity contribution in [2.75, 3.05) is 19.0 Å². The highest BCUT2D eigenvalue weighted by molar-refractivity contribution is 7.71. The Bertz CT molecular complexity index is 931. The summed E-state index contributed by atoms with van der Waals surface area (Å²) in [5.41, 5.74) is 3.17. The third-order valence-electron chi connectivity index (χ3n) is 3.69. The predicted molar refractivity (Wildman–Crippen MR) is 106 cm³/mol. The van der Waals surface area contributed by atoms with E-state index < -0.39 is 0 Å². The fourth-order valence-electron chi connectivity index (χ4n) is 2.17. The van der Waals surface area contributed by atoms with Crippen LogP contribution in [-0.4, -0.2) is 40.2 Å². The molecule has 1 N–H and O–H groups in total. The van der Waals surface area contributed by atoms with Gasteiger partial charge in [0.25, 0.3) is 0 Å². The number of aromatic nitrogens is 4. The van der Waals surface area contributed by atoms with Gasteiger partial charge in [-0.25, -0.2) is 10.1 Å². The van der Waals surface area contributed by atoms with Crippen molar-refractivity contribution in [3.05, 3.63) is 45.7 Å². The second kappa shape index (κ2) is 7.28. The number of benzene rings is 1. The number of nitrogens with one attached hydrogen (secondary N) is 1. The molecule has 0 spiro atoms. The third kappa shape index (κ3) is 3.85. The summed E-state index contributed by atoms with van der Waals surface area (Å²) in [6.45, 7) is 4.23. The molecule has 0 radical (unpaired) electrons. The first kappa shape index (κ1) is 17.5. The molecule has 0 unspecified atom stereocenters. The van der Waals surface area contributed by atoms with E-state index in [-0.39, 0.29) is 0 Å². The summed E-state index contributed by atoms with van der Waals surface area (Å²) in [6, 6.07) is 8.13. The maximum atomic E-state index is 5.30. The highest BCUT2D eigenvalue weighted by Crippen LogP contribution is 2.25. The molecule has 0 amide bonds. The summed E-state index contributed by atoms with van der Waals surface area (Å²) in [5, 5.41) is 14.4. The summed E-state index contributed by atoms with van der Waals surface area (Å²) >= 11 is 6.85. The first-order chi connectivity index (χ1) is 12.0. The van der Waals surface area contributed by atoms with Gasteiger partial charge in [0.15, 0.2) is 5.01 Å². The zero-order valence-electron chi connectivity index (χ0n) is 14.6. The minimum Gasteiger partial charge on any atom is -0.378 e. The highest BCUT2D eigenvalue weighted by atomic mass is 32.1. The zero-order chi connectivity index (χ0) is 18.0. The maximum absolute atomic E-state index is 5.30. The van der Waals surface area contributed by atoms with E-state index in [1.807, 2.05) is 43.7 Å². The Hall–Kier alpha value is -2.32. The maximum Gasteiger partial charge on any atom is 0.216 e. The lowest BCUT2D eigenvalue weighted by Crippen LogP contribution is -2.08. The number of rotatable bonds is 5. The van der Waals surface area contributed by atoms with Gasteiger partial charge in [0.05, 0.1) is 11.9 Å². The van der Waals surface area contributed by atoms with E-state index in [0.29, 0.717) is 16.5 Å². The topological polar surface area (TPSA) is 62.1 Å². The Labute approximate surface area is 155 Å². The largest absolute Gasteiger partial charge is 0.378 e. The van der Waals surface area contributed by atoms with Crippen molar-refractivity contribution < 1.29 is 0 Å². The average Bonchev–Trinajstić information content (AvgIpc) is 3.20. The van der Waals surface area contributed by atoms with Crippen molar-refractivity contribution in [2.45, 2.75) is 19.8 Å². The zero-order valence-corrected chi connectivity index (χ0v) is 16.2. The molecule has 0 aliphatic rings. The van der Waals surface area contributed by atoms with Crippen LogP contribution in [0.5, 0.6) is 0 Å². The van der Waals surface area contributed by atoms with Gasteiger partial charge in [-0.05, 0) is 35.8 Å². The normalized spacial score (nSPS) is 11.6. The van der Waals surface area contributed by atoms with Crippen LogP contribution in [0, 0.1) is 4.77 Å². The summed E-state index contributed by atoms with van der Waals surface area (Å²) in [7, 11) is 4.03. The molecule has 0 aliphatic carbocycles. The summed E-state index contributed by atoms with van der Waals surface area (Å²) in [4.78, 5) is 6.69. The van der Waals surface area contributed by atoms with Crippen molar-refractivity contribution >= 4 is 35.5 Å². The van der Waals surface area contributed by atoms with Crippen LogP contribution in [0.3, 0.4) is 0 Å². The molecular weight excluding hydrogens is 352 g/mol. The van der Waals surface area contributed by atoms with Gasteiger partial charge >= 0.3 is 0 Å². The average molecular weight is 373 g/mol. The quantitative estimate of drug-likeness (QED) is 0.540. The van der Waals surface area contributed by atoms with Crippen molar-refractivity contribution in [2.24, 2.45) is 5.10 Å². The van der Waals surface area contributed by atoms with Crippen LogP contribution in [0.2, 0.25) is 0 Å². The van der Waals surface area contributed by atoms with Crippen molar-refractivity contribution in [1.29, 1.82) is 0 Å². The van der Waals surface area contributed by atoms with Crippen molar-refractivity contribution in [1.82, 2.24) is 19.9 Å². The minimum absolute atomic E-state index is 0.374. The number of H-pyrrole nitrogens is 1. The van der Waals surface area contributed by atoms with E-state index in [9.17, 15) is 0 Å². The molecule has 6 nitrogen and oxygen atoms in total. The molecular formula is C17H20N6S2. The lowest BCUT2D eigenvalue weighted by Gasteiger charge is -2.11. The van der Waals surface area contributed by atoms with E-state index in [1.165, 1.54) is 0 Å². The Morgan fingerprint density at radius 3 is 2.60 bits per heavy atom. The Morgan fingerprint density at radius 1 is 1.28 bits per heavy atom. The van der Waals surface area contributed by atoms with Gasteiger partial charge in [0.2, 0.25) is 10.6 Å². The fraction of sp³-hybridized carbons (Fsp3) is 0.294. The lowest BCUT2D eigenvalue weighted by molar-refractivity contribution is 0.828. The van der Waals surface area contributed by atoms with Crippen LogP contribution in [0.4, 0.5) is 5.69 Å². The first-order valence-corrected chi connectivity index (χ1v) is 9.19. The fourth-order valence-corrected chi connectivity index (χ4v) is 3.31. The molecule has 8 heteroatoms. The summed E-state index contributed by atoms with van der Waals surface area (Å²) in [6.07, 6.45) is 1.77. The van der Waals surface area contributed by atoms with Crippen LogP contribution in [0.25, 0.3) is 10.8 Å². The van der Waals surface area contributed by atoms with Gasteiger partial charge in [-0.2, -0.15) is 9.78 Å². The second-order valence-corrected chi connectivity index (χ2v) is 7.37. The second-order valence-electron chi connectivity index (χ2n) is 6.13. The molecule has 2 aromatic heterocycles. The molecule has 2 heterocycles. The van der Waals surface area contributed by atoms with Crippen molar-refractivity contribution in [3.8, 4) is 10.8 Å². The van der Waals surface area contributed by atoms with Crippen LogP contribution in [0.1, 0.15) is 31.0 Å². The van der Waals surface area contributed by atoms with Crippen LogP contribution < -0.4 is 4.90 Å². The molecule has 1 aromatic carbocycles. The van der Waals surface area contributed by atoms with Crippen molar-refractivity contribution in [3.63, 3.8) is 0 Å². The Kier molecular flexibility index (Phi) is 5.10. The van der Waals surface area contributed by atoms with Crippen LogP contribution in [0.15, 0.2) is 34.7 Å². The third-order valence-corrected chi connectivity index (χ3v) is 4.81. The van der Waals surface area contributed by atoms with Crippen LogP contribution >= 0.6 is 23.6 Å². The molecule has 3 aromatic rings. The van der Waals surface area contributed by atoms with Gasteiger partial charge < -0.3 is 4.90 Å². The molecule has 0 fully saturated rings. The van der Waals surface area contributed by atoms with Gasteiger partial charge in [-0.1, -0.05) is 26.0 Å². The number of anilines is 1. The van der Waals surface area contributed by atoms with E-state index in [2.05, 4.69) is 39.0 Å². The molecule has 0 atom stereocenters. The van der Waals surface area contributed by atoms with Gasteiger partial charge in [-0.3, -0.25) is 0 Å². The Morgan fingerprint density at radius 2 is 2.00 bits per heavy atom. The summed E-state index contributed by atoms with van der Waals surface area (Å²) in [5.74, 6) is 1.00. The van der Waals surface area contributed by atoms with Gasteiger partial charge in [0.1, 0.15) is 0 Å². The first-order valence-electron chi connectivity index (χ1n) is 7.90. The smallest absolute Gasteiger partial charge is 0.216 e. The molecule has 0 bridgehead atoms. The standard InChI is InChI=1S/C17H20N6S2/c1-11(2)14-10-25-16(19-14)15-20-21-17(24)23(15)18-9-12-5-7-13(8-6-12)22(3)4/h5-11H,1-4H3,(H,21,24)/b18-9+. The van der Waals surface area contributed by atoms with E-state index in [0.717, 1.165) is 22.0 Å². The Balaban J connectivity index is 1.90. The van der Waals surface area contributed by atoms with E-state index in [1.54, 1.807) is 22.2 Å². The number of thiazole rings is 1. The monoisotopic (exact) mass is 372 g/mol. The molecule has 0 aliphatic heterocycles. The van der Waals surface area contributed by atoms with Gasteiger partial charge in [0, 0.05) is 25.2 Å². The number of aromatic amines is 1. The predicted octanol–water partition coefficient (Wildman–Crippen LogP) is 4.14. The molecule has 0 saturated heterocycles. The van der Waals surface area contributed by atoms with E-state index in [4.69, 9.17) is 12.2 Å². The molecule has 0 saturated carbocycles. The lowest BCUT2D eigenvalue weighted by atomic mass is 10.2. The molecule has 25 heavy (non-hydrogen) atoms. The molecule has 130 valence electrons. The number of hydrogen-bond acceptors (Lipinski definition) is 6. The minimum atomic E-state index is 0.374. The molecule has 3 rings (SSSR count).